The summed E-state index contributed by atoms with van der Waals surface area (Å²) in [6.45, 7) is 10.6. The van der Waals surface area contributed by atoms with Gasteiger partial charge in [0.2, 0.25) is 0 Å². The van der Waals surface area contributed by atoms with Crippen LogP contribution in [0, 0.1) is 12.7 Å². The number of ether oxygens (including phenoxy) is 1. The molecule has 26 heavy (non-hydrogen) atoms. The van der Waals surface area contributed by atoms with Crippen LogP contribution < -0.4 is 10.6 Å². The molecule has 2 N–H and O–H groups in total. The third-order valence-electron chi connectivity index (χ3n) is 4.34. The van der Waals surface area contributed by atoms with Crippen molar-refractivity contribution in [2.75, 3.05) is 33.2 Å². The fourth-order valence-corrected chi connectivity index (χ4v) is 3.20. The molecule has 7 heteroatoms. The lowest BCUT2D eigenvalue weighted by molar-refractivity contribution is -0.0679. The number of benzene rings is 1. The van der Waals surface area contributed by atoms with Crippen LogP contribution in [0.25, 0.3) is 0 Å². The molecule has 2 rings (SSSR count). The van der Waals surface area contributed by atoms with Crippen molar-refractivity contribution in [1.82, 2.24) is 15.5 Å². The Kier molecular flexibility index (Phi) is 10.4. The molecule has 5 nitrogen and oxygen atoms in total. The molecule has 1 aromatic rings. The molecule has 1 heterocycles. The number of nitrogens with zero attached hydrogens (tertiary/aromatic N) is 2. The molecule has 2 unspecified atom stereocenters. The summed E-state index contributed by atoms with van der Waals surface area (Å²) in [5.41, 5.74) is 1.70. The molecule has 0 aromatic heterocycles. The van der Waals surface area contributed by atoms with E-state index in [0.717, 1.165) is 44.1 Å². The van der Waals surface area contributed by atoms with Crippen molar-refractivity contribution in [3.63, 3.8) is 0 Å². The van der Waals surface area contributed by atoms with Gasteiger partial charge in [-0.15, -0.1) is 24.0 Å². The molecule has 1 aliphatic rings. The topological polar surface area (TPSA) is 48.9 Å². The number of aryl methyl sites for hydroxylation is 1. The standard InChI is InChI=1S/C19H31FN4O.HI/c1-14-10-17(6-7-18(14)20)11-23-19(21-4)22-8-5-9-24-12-15(2)25-16(3)13-24;/h6-7,10,15-16H,5,8-9,11-13H2,1-4H3,(H2,21,22,23);1H. The smallest absolute Gasteiger partial charge is 0.191 e. The first-order valence-electron chi connectivity index (χ1n) is 9.05. The first-order chi connectivity index (χ1) is 12.0. The number of hydrogen-bond acceptors (Lipinski definition) is 3. The highest BCUT2D eigenvalue weighted by atomic mass is 127. The minimum Gasteiger partial charge on any atom is -0.373 e. The van der Waals surface area contributed by atoms with Crippen LogP contribution in [0.2, 0.25) is 0 Å². The second kappa shape index (κ2) is 11.7. The summed E-state index contributed by atoms with van der Waals surface area (Å²) in [6, 6.07) is 5.16. The molecular weight excluding hydrogens is 446 g/mol. The van der Waals surface area contributed by atoms with E-state index in [1.807, 2.05) is 6.07 Å². The predicted molar refractivity (Wildman–Crippen MR) is 116 cm³/mol. The zero-order valence-electron chi connectivity index (χ0n) is 16.2. The number of morpholine rings is 1. The molecule has 0 saturated carbocycles. The summed E-state index contributed by atoms with van der Waals surface area (Å²) >= 11 is 0. The normalized spacial score (nSPS) is 21.2. The minimum absolute atomic E-state index is 0. The Bertz CT molecular complexity index is 575. The molecule has 0 radical (unpaired) electrons. The predicted octanol–water partition coefficient (Wildman–Crippen LogP) is 2.92. The number of hydrogen-bond donors (Lipinski definition) is 2. The van der Waals surface area contributed by atoms with Crippen molar-refractivity contribution in [3.05, 3.63) is 35.1 Å². The second-order valence-electron chi connectivity index (χ2n) is 6.81. The lowest BCUT2D eigenvalue weighted by Crippen LogP contribution is -2.46. The molecule has 0 amide bonds. The number of halogens is 2. The largest absolute Gasteiger partial charge is 0.373 e. The Morgan fingerprint density at radius 3 is 2.58 bits per heavy atom. The van der Waals surface area contributed by atoms with E-state index in [4.69, 9.17) is 4.74 Å². The number of nitrogens with one attached hydrogen (secondary N) is 2. The van der Waals surface area contributed by atoms with Crippen molar-refractivity contribution in [2.24, 2.45) is 4.99 Å². The van der Waals surface area contributed by atoms with Gasteiger partial charge in [-0.3, -0.25) is 9.89 Å². The minimum atomic E-state index is -0.169. The fraction of sp³-hybridized carbons (Fsp3) is 0.632. The van der Waals surface area contributed by atoms with Gasteiger partial charge in [0.25, 0.3) is 0 Å². The maximum absolute atomic E-state index is 13.3. The number of guanidine groups is 1. The van der Waals surface area contributed by atoms with E-state index < -0.39 is 0 Å². The number of rotatable bonds is 6. The number of aliphatic imine (C=N–C) groups is 1. The molecule has 0 aliphatic carbocycles. The second-order valence-corrected chi connectivity index (χ2v) is 6.81. The van der Waals surface area contributed by atoms with Gasteiger partial charge in [-0.1, -0.05) is 12.1 Å². The Morgan fingerprint density at radius 1 is 1.27 bits per heavy atom. The maximum Gasteiger partial charge on any atom is 0.191 e. The average molecular weight is 478 g/mol. The van der Waals surface area contributed by atoms with E-state index in [1.54, 1.807) is 20.0 Å². The van der Waals surface area contributed by atoms with Gasteiger partial charge in [0.1, 0.15) is 5.82 Å². The van der Waals surface area contributed by atoms with Gasteiger partial charge in [-0.25, -0.2) is 4.39 Å². The van der Waals surface area contributed by atoms with E-state index >= 15 is 0 Å². The van der Waals surface area contributed by atoms with E-state index in [2.05, 4.69) is 34.4 Å². The maximum atomic E-state index is 13.3. The summed E-state index contributed by atoms with van der Waals surface area (Å²) in [5.74, 6) is 0.601. The van der Waals surface area contributed by atoms with Gasteiger partial charge >= 0.3 is 0 Å². The summed E-state index contributed by atoms with van der Waals surface area (Å²) in [5, 5.41) is 6.60. The lowest BCUT2D eigenvalue weighted by Gasteiger charge is -2.35. The van der Waals surface area contributed by atoms with Crippen LogP contribution in [0.15, 0.2) is 23.2 Å². The molecule has 1 aromatic carbocycles. The highest BCUT2D eigenvalue weighted by Gasteiger charge is 2.21. The SMILES string of the molecule is CN=C(NCCCN1CC(C)OC(C)C1)NCc1ccc(F)c(C)c1.I. The molecule has 1 aliphatic heterocycles. The van der Waals surface area contributed by atoms with Gasteiger partial charge in [-0.05, 0) is 44.4 Å². The van der Waals surface area contributed by atoms with Gasteiger partial charge in [0.05, 0.1) is 12.2 Å². The van der Waals surface area contributed by atoms with Crippen LogP contribution in [-0.2, 0) is 11.3 Å². The molecule has 1 fully saturated rings. The van der Waals surface area contributed by atoms with Gasteiger partial charge < -0.3 is 15.4 Å². The molecular formula is C19H32FIN4O. The van der Waals surface area contributed by atoms with Crippen LogP contribution in [-0.4, -0.2) is 56.3 Å². The highest BCUT2D eigenvalue weighted by Crippen LogP contribution is 2.10. The van der Waals surface area contributed by atoms with Crippen molar-refractivity contribution in [3.8, 4) is 0 Å². The van der Waals surface area contributed by atoms with Crippen molar-refractivity contribution in [1.29, 1.82) is 0 Å². The van der Waals surface area contributed by atoms with E-state index in [-0.39, 0.29) is 29.8 Å². The van der Waals surface area contributed by atoms with Crippen LogP contribution in [0.3, 0.4) is 0 Å². The van der Waals surface area contributed by atoms with Crippen molar-refractivity contribution in [2.45, 2.75) is 45.9 Å². The van der Waals surface area contributed by atoms with Crippen molar-refractivity contribution < 1.29 is 9.13 Å². The van der Waals surface area contributed by atoms with E-state index in [1.165, 1.54) is 6.07 Å². The third-order valence-corrected chi connectivity index (χ3v) is 4.34. The fourth-order valence-electron chi connectivity index (χ4n) is 3.20. The zero-order valence-corrected chi connectivity index (χ0v) is 18.5. The first-order valence-corrected chi connectivity index (χ1v) is 9.05. The first kappa shape index (κ1) is 23.1. The summed E-state index contributed by atoms with van der Waals surface area (Å²) < 4.78 is 19.1. The third kappa shape index (κ3) is 7.75. The van der Waals surface area contributed by atoms with Gasteiger partial charge in [-0.2, -0.15) is 0 Å². The van der Waals surface area contributed by atoms with Crippen LogP contribution in [0.5, 0.6) is 0 Å². The van der Waals surface area contributed by atoms with E-state index in [9.17, 15) is 4.39 Å². The zero-order chi connectivity index (χ0) is 18.2. The quantitative estimate of drug-likeness (QED) is 0.286. The summed E-state index contributed by atoms with van der Waals surface area (Å²) in [7, 11) is 1.76. The Balaban J connectivity index is 0.00000338. The van der Waals surface area contributed by atoms with E-state index in [0.29, 0.717) is 24.3 Å². The molecule has 1 saturated heterocycles. The van der Waals surface area contributed by atoms with Gasteiger partial charge in [0.15, 0.2) is 5.96 Å². The monoisotopic (exact) mass is 478 g/mol. The Hall–Kier alpha value is -0.930. The highest BCUT2D eigenvalue weighted by molar-refractivity contribution is 14.0. The lowest BCUT2D eigenvalue weighted by atomic mass is 10.1. The van der Waals surface area contributed by atoms with Crippen LogP contribution >= 0.6 is 24.0 Å². The Morgan fingerprint density at radius 2 is 1.96 bits per heavy atom. The molecule has 0 spiro atoms. The average Bonchev–Trinajstić information content (AvgIpc) is 2.56. The molecule has 0 bridgehead atoms. The van der Waals surface area contributed by atoms with Crippen molar-refractivity contribution >= 4 is 29.9 Å². The molecule has 148 valence electrons. The Labute approximate surface area is 173 Å². The summed E-state index contributed by atoms with van der Waals surface area (Å²) in [4.78, 5) is 6.69. The van der Waals surface area contributed by atoms with Crippen LogP contribution in [0.1, 0.15) is 31.4 Å². The van der Waals surface area contributed by atoms with Gasteiger partial charge in [0, 0.05) is 39.8 Å². The summed E-state index contributed by atoms with van der Waals surface area (Å²) in [6.07, 6.45) is 1.67. The molecule has 2 atom stereocenters. The van der Waals surface area contributed by atoms with Crippen LogP contribution in [0.4, 0.5) is 4.39 Å².